The van der Waals surface area contributed by atoms with Gasteiger partial charge in [-0.2, -0.15) is 11.8 Å². The van der Waals surface area contributed by atoms with E-state index in [0.29, 0.717) is 0 Å². The van der Waals surface area contributed by atoms with E-state index in [-0.39, 0.29) is 0 Å². The molecule has 2 unspecified atom stereocenters. The summed E-state index contributed by atoms with van der Waals surface area (Å²) in [5, 5.41) is 3.70. The van der Waals surface area contributed by atoms with Crippen LogP contribution in [0.5, 0.6) is 0 Å². The molecule has 0 aromatic heterocycles. The third-order valence-electron chi connectivity index (χ3n) is 3.76. The number of hydrogen-bond donors (Lipinski definition) is 1. The average Bonchev–Trinajstić information content (AvgIpc) is 2.92. The smallest absolute Gasteiger partial charge is 0.00683 e. The predicted molar refractivity (Wildman–Crippen MR) is 64.9 cm³/mol. The number of hydrogen-bond acceptors (Lipinski definition) is 2. The quantitative estimate of drug-likeness (QED) is 0.728. The van der Waals surface area contributed by atoms with Gasteiger partial charge in [0.1, 0.15) is 0 Å². The second kappa shape index (κ2) is 5.41. The standard InChI is InChI=1S/C12H23NS/c1-14-8-7-10-3-2-4-11(10)9-13-12-5-6-12/h10-13H,2-9H2,1H3. The molecule has 14 heavy (non-hydrogen) atoms. The zero-order chi connectivity index (χ0) is 9.80. The zero-order valence-electron chi connectivity index (χ0n) is 9.30. The third-order valence-corrected chi connectivity index (χ3v) is 4.40. The van der Waals surface area contributed by atoms with Crippen LogP contribution >= 0.6 is 11.8 Å². The number of thioether (sulfide) groups is 1. The summed E-state index contributed by atoms with van der Waals surface area (Å²) in [4.78, 5) is 0. The van der Waals surface area contributed by atoms with E-state index < -0.39 is 0 Å². The summed E-state index contributed by atoms with van der Waals surface area (Å²) < 4.78 is 0. The van der Waals surface area contributed by atoms with E-state index in [1.54, 1.807) is 0 Å². The lowest BCUT2D eigenvalue weighted by Crippen LogP contribution is -2.27. The van der Waals surface area contributed by atoms with Crippen molar-refractivity contribution in [1.82, 2.24) is 5.32 Å². The SMILES string of the molecule is CSCCC1CCCC1CNC1CC1. The molecule has 1 nitrogen and oxygen atoms in total. The Morgan fingerprint density at radius 1 is 1.14 bits per heavy atom. The van der Waals surface area contributed by atoms with Crippen LogP contribution in [0.3, 0.4) is 0 Å². The van der Waals surface area contributed by atoms with Crippen LogP contribution in [-0.4, -0.2) is 24.6 Å². The Morgan fingerprint density at radius 2 is 1.93 bits per heavy atom. The van der Waals surface area contributed by atoms with Gasteiger partial charge in [0.25, 0.3) is 0 Å². The maximum absolute atomic E-state index is 3.70. The fourth-order valence-corrected chi connectivity index (χ4v) is 3.18. The van der Waals surface area contributed by atoms with E-state index in [1.807, 2.05) is 11.8 Å². The molecule has 0 heterocycles. The molecule has 0 bridgehead atoms. The lowest BCUT2D eigenvalue weighted by molar-refractivity contribution is 0.359. The van der Waals surface area contributed by atoms with Gasteiger partial charge in [0, 0.05) is 6.04 Å². The Hall–Kier alpha value is 0.310. The lowest BCUT2D eigenvalue weighted by Gasteiger charge is -2.19. The lowest BCUT2D eigenvalue weighted by atomic mass is 9.93. The van der Waals surface area contributed by atoms with Gasteiger partial charge in [-0.3, -0.25) is 0 Å². The summed E-state index contributed by atoms with van der Waals surface area (Å²) in [6.07, 6.45) is 11.0. The number of rotatable bonds is 6. The van der Waals surface area contributed by atoms with Crippen molar-refractivity contribution in [2.75, 3.05) is 18.6 Å². The molecule has 2 aliphatic rings. The molecular weight excluding hydrogens is 190 g/mol. The molecular formula is C12H23NS. The molecule has 1 N–H and O–H groups in total. The fourth-order valence-electron chi connectivity index (χ4n) is 2.64. The van der Waals surface area contributed by atoms with E-state index in [0.717, 1.165) is 17.9 Å². The van der Waals surface area contributed by atoms with Crippen molar-refractivity contribution in [2.24, 2.45) is 11.8 Å². The molecule has 0 aromatic carbocycles. The first-order valence-corrected chi connectivity index (χ1v) is 7.52. The topological polar surface area (TPSA) is 12.0 Å². The van der Waals surface area contributed by atoms with Gasteiger partial charge in [0.05, 0.1) is 0 Å². The summed E-state index contributed by atoms with van der Waals surface area (Å²) in [6.45, 7) is 1.31. The molecule has 82 valence electrons. The molecule has 2 saturated carbocycles. The summed E-state index contributed by atoms with van der Waals surface area (Å²) in [5.41, 5.74) is 0. The minimum Gasteiger partial charge on any atom is -0.314 e. The van der Waals surface area contributed by atoms with Crippen molar-refractivity contribution < 1.29 is 0 Å². The summed E-state index contributed by atoms with van der Waals surface area (Å²) >= 11 is 2.01. The summed E-state index contributed by atoms with van der Waals surface area (Å²) in [5.74, 6) is 3.40. The largest absolute Gasteiger partial charge is 0.314 e. The van der Waals surface area contributed by atoms with Crippen molar-refractivity contribution in [1.29, 1.82) is 0 Å². The Bertz CT molecular complexity index is 168. The maximum atomic E-state index is 3.70. The van der Waals surface area contributed by atoms with Crippen LogP contribution in [0.1, 0.15) is 38.5 Å². The Labute approximate surface area is 92.4 Å². The van der Waals surface area contributed by atoms with Gasteiger partial charge in [-0.05, 0) is 56.1 Å². The van der Waals surface area contributed by atoms with E-state index in [2.05, 4.69) is 11.6 Å². The predicted octanol–water partition coefficient (Wildman–Crippen LogP) is 2.91. The van der Waals surface area contributed by atoms with Crippen molar-refractivity contribution in [3.05, 3.63) is 0 Å². The van der Waals surface area contributed by atoms with Crippen LogP contribution in [0.15, 0.2) is 0 Å². The fraction of sp³-hybridized carbons (Fsp3) is 1.00. The van der Waals surface area contributed by atoms with Gasteiger partial charge in [-0.25, -0.2) is 0 Å². The first-order valence-electron chi connectivity index (χ1n) is 6.12. The van der Waals surface area contributed by atoms with Crippen molar-refractivity contribution in [3.63, 3.8) is 0 Å². The highest BCUT2D eigenvalue weighted by Gasteiger charge is 2.28. The minimum atomic E-state index is 0.900. The van der Waals surface area contributed by atoms with Crippen LogP contribution in [0.25, 0.3) is 0 Å². The highest BCUT2D eigenvalue weighted by molar-refractivity contribution is 7.98. The molecule has 0 aromatic rings. The monoisotopic (exact) mass is 213 g/mol. The average molecular weight is 213 g/mol. The first-order chi connectivity index (χ1) is 6.90. The molecule has 2 rings (SSSR count). The Kier molecular flexibility index (Phi) is 4.18. The van der Waals surface area contributed by atoms with Crippen LogP contribution in [0, 0.1) is 11.8 Å². The van der Waals surface area contributed by atoms with Crippen LogP contribution in [0.4, 0.5) is 0 Å². The van der Waals surface area contributed by atoms with Crippen LogP contribution in [0.2, 0.25) is 0 Å². The van der Waals surface area contributed by atoms with E-state index in [9.17, 15) is 0 Å². The number of nitrogens with one attached hydrogen (secondary N) is 1. The molecule has 2 atom stereocenters. The molecule has 2 aliphatic carbocycles. The molecule has 0 saturated heterocycles. The van der Waals surface area contributed by atoms with Gasteiger partial charge in [0.15, 0.2) is 0 Å². The molecule has 0 radical (unpaired) electrons. The van der Waals surface area contributed by atoms with Crippen molar-refractivity contribution in [2.45, 2.75) is 44.6 Å². The highest BCUT2D eigenvalue weighted by atomic mass is 32.2. The van der Waals surface area contributed by atoms with Gasteiger partial charge < -0.3 is 5.32 Å². The molecule has 0 spiro atoms. The first kappa shape index (κ1) is 10.8. The van der Waals surface area contributed by atoms with Crippen LogP contribution in [-0.2, 0) is 0 Å². The summed E-state index contributed by atoms with van der Waals surface area (Å²) in [7, 11) is 0. The second-order valence-corrected chi connectivity index (χ2v) is 5.90. The van der Waals surface area contributed by atoms with Crippen molar-refractivity contribution in [3.8, 4) is 0 Å². The van der Waals surface area contributed by atoms with E-state index >= 15 is 0 Å². The van der Waals surface area contributed by atoms with Gasteiger partial charge in [0.2, 0.25) is 0 Å². The van der Waals surface area contributed by atoms with Crippen molar-refractivity contribution >= 4 is 11.8 Å². The molecule has 0 amide bonds. The van der Waals surface area contributed by atoms with Gasteiger partial charge in [-0.1, -0.05) is 12.8 Å². The van der Waals surface area contributed by atoms with Gasteiger partial charge in [-0.15, -0.1) is 0 Å². The highest BCUT2D eigenvalue weighted by Crippen LogP contribution is 2.34. The second-order valence-electron chi connectivity index (χ2n) is 4.92. The molecule has 0 aliphatic heterocycles. The molecule has 2 fully saturated rings. The minimum absolute atomic E-state index is 0.900. The third kappa shape index (κ3) is 3.16. The summed E-state index contributed by atoms with van der Waals surface area (Å²) in [6, 6.07) is 0.900. The zero-order valence-corrected chi connectivity index (χ0v) is 10.1. The Morgan fingerprint density at radius 3 is 2.64 bits per heavy atom. The van der Waals surface area contributed by atoms with Gasteiger partial charge >= 0.3 is 0 Å². The van der Waals surface area contributed by atoms with E-state index in [4.69, 9.17) is 0 Å². The van der Waals surface area contributed by atoms with Crippen LogP contribution < -0.4 is 5.32 Å². The maximum Gasteiger partial charge on any atom is 0.00683 e. The van der Waals surface area contributed by atoms with E-state index in [1.165, 1.54) is 50.8 Å². The normalized spacial score (nSPS) is 32.4. The Balaban J connectivity index is 1.66. The molecule has 2 heteroatoms.